The predicted molar refractivity (Wildman–Crippen MR) is 325 cm³/mol. The van der Waals surface area contributed by atoms with Gasteiger partial charge in [-0.1, -0.05) is 179 Å². The van der Waals surface area contributed by atoms with Crippen molar-refractivity contribution in [1.82, 2.24) is 39.0 Å². The quantitative estimate of drug-likeness (QED) is 0.158. The van der Waals surface area contributed by atoms with Crippen molar-refractivity contribution >= 4 is 49.2 Å². The minimum atomic E-state index is -0.322. The fraction of sp³-hybridized carbons (Fsp3) is 0.139. The van der Waals surface area contributed by atoms with Gasteiger partial charge in [0, 0.05) is 60.5 Å². The Morgan fingerprint density at radius 3 is 1.39 bits per heavy atom. The summed E-state index contributed by atoms with van der Waals surface area (Å²) in [7, 11) is 0. The first kappa shape index (κ1) is 46.4. The van der Waals surface area contributed by atoms with Crippen LogP contribution in [0.2, 0.25) is 0 Å². The maximum atomic E-state index is 5.33. The maximum absolute atomic E-state index is 5.33. The molecule has 2 aliphatic carbocycles. The normalized spacial score (nSPS) is 16.4. The molecular formula is C72H54N8. The van der Waals surface area contributed by atoms with Crippen LogP contribution in [0.15, 0.2) is 212 Å². The molecule has 382 valence electrons. The van der Waals surface area contributed by atoms with Gasteiger partial charge in [-0.2, -0.15) is 0 Å². The summed E-state index contributed by atoms with van der Waals surface area (Å²) >= 11 is 0. The van der Waals surface area contributed by atoms with Gasteiger partial charge in [0.1, 0.15) is 5.82 Å². The fourth-order valence-electron chi connectivity index (χ4n) is 13.4. The molecule has 4 aliphatic rings. The lowest BCUT2D eigenvalue weighted by molar-refractivity contribution is 0.630. The van der Waals surface area contributed by atoms with Crippen LogP contribution in [0.5, 0.6) is 0 Å². The summed E-state index contributed by atoms with van der Waals surface area (Å²) in [5.41, 5.74) is 18.9. The molecule has 0 amide bonds. The first-order chi connectivity index (χ1) is 39.2. The van der Waals surface area contributed by atoms with Crippen LogP contribution < -0.4 is 0 Å². The second-order valence-electron chi connectivity index (χ2n) is 23.0. The average molecular weight is 1030 g/mol. The zero-order valence-electron chi connectivity index (χ0n) is 45.0. The zero-order valence-corrected chi connectivity index (χ0v) is 45.0. The van der Waals surface area contributed by atoms with Gasteiger partial charge in [-0.05, 0) is 119 Å². The summed E-state index contributed by atoms with van der Waals surface area (Å²) in [6.07, 6.45) is 17.8. The number of nitrogens with zero attached hydrogens (tertiary/aromatic N) is 8. The Morgan fingerprint density at radius 2 is 0.875 bits per heavy atom. The summed E-state index contributed by atoms with van der Waals surface area (Å²) in [5.74, 6) is 4.26. The topological polar surface area (TPSA) is 87.2 Å². The number of para-hydroxylation sites is 2. The van der Waals surface area contributed by atoms with E-state index in [1.807, 2.05) is 36.4 Å². The lowest BCUT2D eigenvalue weighted by Gasteiger charge is -2.35. The SMILES string of the molecule is CC1(C)c2ccccc2-n2c3ccc(-c4ccc5c(c4)c4cc(-c6nc(-c7ccccc7)nc(C7C=CC=CC7)n6)cc6c4n5-c4ccccc4C6(C)C)cc3c3cc(-c4nc(C5=CC=CCC5)nc(-c5ccccc5)n4)cc1c32. The Labute approximate surface area is 464 Å². The molecule has 1 unspecified atom stereocenters. The predicted octanol–water partition coefficient (Wildman–Crippen LogP) is 17.2. The van der Waals surface area contributed by atoms with E-state index < -0.39 is 0 Å². The highest BCUT2D eigenvalue weighted by atomic mass is 15.1. The highest BCUT2D eigenvalue weighted by Gasteiger charge is 2.38. The number of hydrogen-bond donors (Lipinski definition) is 0. The molecule has 0 bridgehead atoms. The second kappa shape index (κ2) is 17.4. The largest absolute Gasteiger partial charge is 0.309 e. The molecule has 4 aromatic heterocycles. The van der Waals surface area contributed by atoms with E-state index >= 15 is 0 Å². The number of allylic oxidation sites excluding steroid dienone is 8. The lowest BCUT2D eigenvalue weighted by Crippen LogP contribution is -2.26. The highest BCUT2D eigenvalue weighted by molar-refractivity contribution is 6.16. The van der Waals surface area contributed by atoms with Crippen LogP contribution in [0.4, 0.5) is 0 Å². The Kier molecular flexibility index (Phi) is 10.1. The number of aromatic nitrogens is 8. The average Bonchev–Trinajstić information content (AvgIpc) is 3.95. The molecule has 0 fully saturated rings. The van der Waals surface area contributed by atoms with Crippen LogP contribution >= 0.6 is 0 Å². The Balaban J connectivity index is 0.922. The van der Waals surface area contributed by atoms with Crippen LogP contribution in [0.3, 0.4) is 0 Å². The van der Waals surface area contributed by atoms with Crippen LogP contribution in [-0.2, 0) is 10.8 Å². The van der Waals surface area contributed by atoms with E-state index in [1.54, 1.807) is 0 Å². The number of fused-ring (bicyclic) bond motifs is 10. The molecule has 0 N–H and O–H groups in total. The molecule has 0 spiro atoms. The molecular weight excluding hydrogens is 977 g/mol. The Bertz CT molecular complexity index is 4740. The number of rotatable bonds is 7. The van der Waals surface area contributed by atoms with Crippen molar-refractivity contribution in [2.75, 3.05) is 0 Å². The molecule has 0 saturated carbocycles. The van der Waals surface area contributed by atoms with E-state index in [9.17, 15) is 0 Å². The molecule has 0 radical (unpaired) electrons. The molecule has 8 aromatic carbocycles. The van der Waals surface area contributed by atoms with Gasteiger partial charge in [-0.25, -0.2) is 29.9 Å². The highest BCUT2D eigenvalue weighted by Crippen LogP contribution is 2.52. The van der Waals surface area contributed by atoms with E-state index in [0.717, 1.165) is 80.9 Å². The Morgan fingerprint density at radius 1 is 0.400 bits per heavy atom. The van der Waals surface area contributed by atoms with Crippen molar-refractivity contribution in [2.24, 2.45) is 0 Å². The summed E-state index contributed by atoms with van der Waals surface area (Å²) in [5, 5.41) is 4.69. The van der Waals surface area contributed by atoms with Gasteiger partial charge in [0.25, 0.3) is 0 Å². The standard InChI is InChI=1S/C72H54N8/c1-71(2)55-29-17-19-31-61(55)79-59-35-33-47(37-51(59)53-39-49(41-57(71)63(53)79)69-75-65(43-21-9-5-10-22-43)73-66(76-69)44-23-11-6-12-24-44)48-34-36-60-52(38-48)54-40-50(42-58-64(54)80(60)62-32-20-18-30-56(62)72(58,3)4)70-77-67(45-25-13-7-14-26-45)74-68(78-70)46-27-15-8-16-28-46/h5-15,17-23,25-27,29-42,44H,16,24,28H2,1-4H3. The summed E-state index contributed by atoms with van der Waals surface area (Å²) in [4.78, 5) is 31.5. The zero-order chi connectivity index (χ0) is 53.4. The molecule has 16 rings (SSSR count). The van der Waals surface area contributed by atoms with E-state index in [-0.39, 0.29) is 16.7 Å². The monoisotopic (exact) mass is 1030 g/mol. The van der Waals surface area contributed by atoms with Crippen molar-refractivity contribution in [3.8, 4) is 68.1 Å². The number of benzene rings is 8. The van der Waals surface area contributed by atoms with Crippen LogP contribution in [0, 0.1) is 0 Å². The molecule has 6 heterocycles. The Hall–Kier alpha value is -9.66. The smallest absolute Gasteiger partial charge is 0.164 e. The molecule has 12 aromatic rings. The fourth-order valence-corrected chi connectivity index (χ4v) is 13.4. The lowest BCUT2D eigenvalue weighted by atomic mass is 9.74. The van der Waals surface area contributed by atoms with Gasteiger partial charge in [0.2, 0.25) is 0 Å². The van der Waals surface area contributed by atoms with Gasteiger partial charge >= 0.3 is 0 Å². The third kappa shape index (κ3) is 7.00. The molecule has 80 heavy (non-hydrogen) atoms. The molecule has 0 saturated heterocycles. The van der Waals surface area contributed by atoms with E-state index in [4.69, 9.17) is 29.9 Å². The third-order valence-corrected chi connectivity index (χ3v) is 17.5. The van der Waals surface area contributed by atoms with Gasteiger partial charge < -0.3 is 9.13 Å². The van der Waals surface area contributed by atoms with Gasteiger partial charge in [0.15, 0.2) is 29.1 Å². The molecule has 2 aliphatic heterocycles. The second-order valence-corrected chi connectivity index (χ2v) is 23.0. The van der Waals surface area contributed by atoms with Crippen molar-refractivity contribution in [1.29, 1.82) is 0 Å². The van der Waals surface area contributed by atoms with Gasteiger partial charge in [0.05, 0.1) is 33.4 Å². The van der Waals surface area contributed by atoms with Gasteiger partial charge in [-0.3, -0.25) is 0 Å². The third-order valence-electron chi connectivity index (χ3n) is 17.5. The van der Waals surface area contributed by atoms with Crippen molar-refractivity contribution in [3.63, 3.8) is 0 Å². The minimum Gasteiger partial charge on any atom is -0.309 e. The van der Waals surface area contributed by atoms with Crippen LogP contribution in [-0.4, -0.2) is 39.0 Å². The van der Waals surface area contributed by atoms with E-state index in [0.29, 0.717) is 23.3 Å². The van der Waals surface area contributed by atoms with Crippen molar-refractivity contribution in [2.45, 2.75) is 63.7 Å². The van der Waals surface area contributed by atoms with E-state index in [2.05, 4.69) is 213 Å². The molecule has 8 heteroatoms. The van der Waals surface area contributed by atoms with Crippen molar-refractivity contribution < 1.29 is 0 Å². The summed E-state index contributed by atoms with van der Waals surface area (Å²) in [6, 6.07) is 61.9. The van der Waals surface area contributed by atoms with E-state index in [1.165, 1.54) is 66.2 Å². The molecule has 8 nitrogen and oxygen atoms in total. The van der Waals surface area contributed by atoms with Crippen LogP contribution in [0.1, 0.15) is 86.8 Å². The first-order valence-corrected chi connectivity index (χ1v) is 27.9. The van der Waals surface area contributed by atoms with Gasteiger partial charge in [-0.15, -0.1) is 0 Å². The minimum absolute atomic E-state index is 0.0505. The van der Waals surface area contributed by atoms with Crippen molar-refractivity contribution in [3.05, 3.63) is 246 Å². The maximum Gasteiger partial charge on any atom is 0.164 e. The summed E-state index contributed by atoms with van der Waals surface area (Å²) in [6.45, 7) is 9.43. The first-order valence-electron chi connectivity index (χ1n) is 27.9. The van der Waals surface area contributed by atoms with Crippen LogP contribution in [0.25, 0.3) is 117 Å². The number of hydrogen-bond acceptors (Lipinski definition) is 6. The summed E-state index contributed by atoms with van der Waals surface area (Å²) < 4.78 is 4.99. The molecule has 1 atom stereocenters.